The van der Waals surface area contributed by atoms with Crippen LogP contribution in [0.5, 0.6) is 5.75 Å². The van der Waals surface area contributed by atoms with E-state index < -0.39 is 0 Å². The first-order valence-electron chi connectivity index (χ1n) is 16.2. The van der Waals surface area contributed by atoms with E-state index in [9.17, 15) is 9.59 Å². The molecule has 2 saturated heterocycles. The second kappa shape index (κ2) is 14.1. The molecule has 2 aliphatic heterocycles. The average Bonchev–Trinajstić information content (AvgIpc) is 3.56. The highest BCUT2D eigenvalue weighted by molar-refractivity contribution is 5.98. The predicted octanol–water partition coefficient (Wildman–Crippen LogP) is 4.00. The van der Waals surface area contributed by atoms with E-state index >= 15 is 0 Å². The Bertz CT molecular complexity index is 1860. The first kappa shape index (κ1) is 30.5. The van der Waals surface area contributed by atoms with E-state index in [1.165, 1.54) is 4.68 Å². The molecular formula is C36H39N7O4. The van der Waals surface area contributed by atoms with Crippen molar-refractivity contribution < 1.29 is 14.3 Å². The van der Waals surface area contributed by atoms with E-state index in [-0.39, 0.29) is 11.5 Å². The van der Waals surface area contributed by atoms with Crippen molar-refractivity contribution in [3.63, 3.8) is 0 Å². The number of rotatable bonds is 10. The van der Waals surface area contributed by atoms with Crippen molar-refractivity contribution in [1.29, 1.82) is 0 Å². The predicted molar refractivity (Wildman–Crippen MR) is 183 cm³/mol. The molecule has 0 atom stereocenters. The largest absolute Gasteiger partial charge is 0.489 e. The van der Waals surface area contributed by atoms with Crippen LogP contribution in [0.2, 0.25) is 0 Å². The summed E-state index contributed by atoms with van der Waals surface area (Å²) in [6.45, 7) is 7.35. The monoisotopic (exact) mass is 633 g/mol. The van der Waals surface area contributed by atoms with Crippen LogP contribution in [0.1, 0.15) is 16.1 Å². The van der Waals surface area contributed by atoms with Gasteiger partial charge in [0.25, 0.3) is 11.5 Å². The number of nitrogens with zero attached hydrogens (tertiary/aromatic N) is 5. The SMILES string of the molecule is O=C(c1cc2cc(OCc3ccccc3)ccc2[nH]1)N1CCN(c2cnn(-c3ccccc3)c(=O)c2NCCN2CCOCC2)CC1. The third-order valence-electron chi connectivity index (χ3n) is 8.77. The standard InChI is InChI=1S/C36H39N7O4/c44-35(32-24-28-23-30(11-12-31(28)39-32)47-26-27-7-3-1-4-8-27)42-17-15-41(16-18-42)33-25-38-43(29-9-5-2-6-10-29)36(45)34(33)37-13-14-40-19-21-46-22-20-40/h1-12,23-25,37,39H,13-22,26H2. The van der Waals surface area contributed by atoms with Crippen molar-refractivity contribution in [2.75, 3.05) is 75.8 Å². The molecule has 2 aliphatic rings. The Hall–Kier alpha value is -5.13. The first-order valence-corrected chi connectivity index (χ1v) is 16.2. The Morgan fingerprint density at radius 3 is 2.40 bits per heavy atom. The Kier molecular flexibility index (Phi) is 9.16. The van der Waals surface area contributed by atoms with Gasteiger partial charge >= 0.3 is 0 Å². The highest BCUT2D eigenvalue weighted by Crippen LogP contribution is 2.26. The summed E-state index contributed by atoms with van der Waals surface area (Å²) in [5.74, 6) is 0.708. The van der Waals surface area contributed by atoms with Gasteiger partial charge < -0.3 is 29.6 Å². The minimum atomic E-state index is -0.195. The minimum absolute atomic E-state index is 0.0471. The van der Waals surface area contributed by atoms with E-state index in [4.69, 9.17) is 9.47 Å². The van der Waals surface area contributed by atoms with Crippen LogP contribution in [-0.4, -0.2) is 96.0 Å². The number of anilines is 2. The molecular weight excluding hydrogens is 594 g/mol. The van der Waals surface area contributed by atoms with Crippen molar-refractivity contribution >= 4 is 28.2 Å². The van der Waals surface area contributed by atoms with Gasteiger partial charge in [0, 0.05) is 63.3 Å². The van der Waals surface area contributed by atoms with Crippen molar-refractivity contribution in [3.8, 4) is 11.4 Å². The molecule has 242 valence electrons. The fourth-order valence-electron chi connectivity index (χ4n) is 6.15. The molecule has 1 amide bonds. The summed E-state index contributed by atoms with van der Waals surface area (Å²) >= 11 is 0. The molecule has 11 heteroatoms. The van der Waals surface area contributed by atoms with Crippen LogP contribution in [0.15, 0.2) is 95.9 Å². The lowest BCUT2D eigenvalue weighted by Crippen LogP contribution is -2.49. The number of para-hydroxylation sites is 1. The molecule has 47 heavy (non-hydrogen) atoms. The van der Waals surface area contributed by atoms with Gasteiger partial charge in [-0.15, -0.1) is 0 Å². The summed E-state index contributed by atoms with van der Waals surface area (Å²) in [5.41, 5.74) is 4.33. The van der Waals surface area contributed by atoms with Gasteiger partial charge in [0.1, 0.15) is 23.7 Å². The van der Waals surface area contributed by atoms with Crippen LogP contribution in [-0.2, 0) is 11.3 Å². The molecule has 0 saturated carbocycles. The molecule has 0 spiro atoms. The summed E-state index contributed by atoms with van der Waals surface area (Å²) in [7, 11) is 0. The van der Waals surface area contributed by atoms with Crippen LogP contribution in [0.4, 0.5) is 11.4 Å². The van der Waals surface area contributed by atoms with E-state index in [1.807, 2.05) is 89.8 Å². The van der Waals surface area contributed by atoms with E-state index in [0.29, 0.717) is 56.4 Å². The van der Waals surface area contributed by atoms with Gasteiger partial charge in [-0.1, -0.05) is 48.5 Å². The summed E-state index contributed by atoms with van der Waals surface area (Å²) < 4.78 is 12.9. The number of H-pyrrole nitrogens is 1. The van der Waals surface area contributed by atoms with Crippen molar-refractivity contribution in [3.05, 3.63) is 113 Å². The van der Waals surface area contributed by atoms with Gasteiger partial charge in [0.2, 0.25) is 0 Å². The number of ether oxygens (including phenoxy) is 2. The minimum Gasteiger partial charge on any atom is -0.489 e. The van der Waals surface area contributed by atoms with Crippen LogP contribution >= 0.6 is 0 Å². The van der Waals surface area contributed by atoms with Crippen LogP contribution in [0.25, 0.3) is 16.6 Å². The molecule has 2 aromatic heterocycles. The van der Waals surface area contributed by atoms with Crippen LogP contribution in [0, 0.1) is 0 Å². The van der Waals surface area contributed by atoms with Crippen LogP contribution in [0.3, 0.4) is 0 Å². The van der Waals surface area contributed by atoms with Gasteiger partial charge in [-0.25, -0.2) is 0 Å². The number of morpholine rings is 1. The van der Waals surface area contributed by atoms with Gasteiger partial charge in [-0.05, 0) is 42.0 Å². The zero-order chi connectivity index (χ0) is 32.0. The third kappa shape index (κ3) is 7.01. The molecule has 0 bridgehead atoms. The Morgan fingerprint density at radius 2 is 1.64 bits per heavy atom. The second-order valence-corrected chi connectivity index (χ2v) is 11.8. The maximum atomic E-state index is 13.8. The number of benzene rings is 3. The van der Waals surface area contributed by atoms with Crippen LogP contribution < -0.4 is 20.5 Å². The highest BCUT2D eigenvalue weighted by atomic mass is 16.5. The molecule has 7 rings (SSSR count). The van der Waals surface area contributed by atoms with Crippen molar-refractivity contribution in [1.82, 2.24) is 24.6 Å². The number of nitrogens with one attached hydrogen (secondary N) is 2. The zero-order valence-electron chi connectivity index (χ0n) is 26.3. The number of aromatic amines is 1. The molecule has 2 N–H and O–H groups in total. The molecule has 11 nitrogen and oxygen atoms in total. The summed E-state index contributed by atoms with van der Waals surface area (Å²) in [4.78, 5) is 37.0. The summed E-state index contributed by atoms with van der Waals surface area (Å²) in [6.07, 6.45) is 1.76. The number of piperazine rings is 1. The summed E-state index contributed by atoms with van der Waals surface area (Å²) in [5, 5.41) is 8.91. The van der Waals surface area contributed by atoms with E-state index in [0.717, 1.165) is 60.8 Å². The molecule has 0 unspecified atom stereocenters. The van der Waals surface area contributed by atoms with Gasteiger partial charge in [-0.3, -0.25) is 14.5 Å². The zero-order valence-corrected chi connectivity index (χ0v) is 26.3. The van der Waals surface area contributed by atoms with Crippen molar-refractivity contribution in [2.45, 2.75) is 6.61 Å². The maximum Gasteiger partial charge on any atom is 0.296 e. The number of carbonyl (C=O) groups is 1. The smallest absolute Gasteiger partial charge is 0.296 e. The summed E-state index contributed by atoms with van der Waals surface area (Å²) in [6, 6.07) is 27.2. The fraction of sp³-hybridized carbons (Fsp3) is 0.306. The second-order valence-electron chi connectivity index (χ2n) is 11.8. The Morgan fingerprint density at radius 1 is 0.894 bits per heavy atom. The number of fused-ring (bicyclic) bond motifs is 1. The molecule has 2 fully saturated rings. The Labute approximate surface area is 273 Å². The highest BCUT2D eigenvalue weighted by Gasteiger charge is 2.26. The number of aromatic nitrogens is 3. The molecule has 0 radical (unpaired) electrons. The van der Waals surface area contributed by atoms with E-state index in [1.54, 1.807) is 6.20 Å². The molecule has 0 aliphatic carbocycles. The lowest BCUT2D eigenvalue weighted by atomic mass is 10.2. The van der Waals surface area contributed by atoms with Gasteiger partial charge in [0.15, 0.2) is 0 Å². The number of carbonyl (C=O) groups excluding carboxylic acids is 1. The van der Waals surface area contributed by atoms with Gasteiger partial charge in [0.05, 0.1) is 30.8 Å². The lowest BCUT2D eigenvalue weighted by molar-refractivity contribution is 0.0398. The Balaban J connectivity index is 1.03. The lowest BCUT2D eigenvalue weighted by Gasteiger charge is -2.36. The van der Waals surface area contributed by atoms with Crippen molar-refractivity contribution in [2.24, 2.45) is 0 Å². The fourth-order valence-corrected chi connectivity index (χ4v) is 6.15. The average molecular weight is 634 g/mol. The van der Waals surface area contributed by atoms with Gasteiger partial charge in [-0.2, -0.15) is 9.78 Å². The number of hydrogen-bond acceptors (Lipinski definition) is 8. The maximum absolute atomic E-state index is 13.8. The number of hydrogen-bond donors (Lipinski definition) is 2. The molecule has 4 heterocycles. The molecule has 3 aromatic carbocycles. The normalized spacial score (nSPS) is 15.6. The topological polar surface area (TPSA) is 108 Å². The number of amides is 1. The molecule has 5 aromatic rings. The first-order chi connectivity index (χ1) is 23.1. The quantitative estimate of drug-likeness (QED) is 0.238. The third-order valence-corrected chi connectivity index (χ3v) is 8.77. The van der Waals surface area contributed by atoms with E-state index in [2.05, 4.69) is 25.2 Å².